The number of nitrogens with zero attached hydrogens (tertiary/aromatic N) is 2. The summed E-state index contributed by atoms with van der Waals surface area (Å²) in [6.45, 7) is 1.54. The van der Waals surface area contributed by atoms with Crippen LogP contribution in [0, 0.1) is 0 Å². The number of likely N-dealkylation sites (tertiary alicyclic amines) is 1. The summed E-state index contributed by atoms with van der Waals surface area (Å²) in [6, 6.07) is 7.94. The molecule has 4 heterocycles. The molecule has 1 aliphatic rings. The largest absolute Gasteiger partial charge is 0.469 e. The summed E-state index contributed by atoms with van der Waals surface area (Å²) in [4.78, 5) is 21.2. The number of amides is 1. The highest BCUT2D eigenvalue weighted by Crippen LogP contribution is 2.34. The van der Waals surface area contributed by atoms with Crippen LogP contribution in [0.1, 0.15) is 29.4 Å². The van der Waals surface area contributed by atoms with Crippen molar-refractivity contribution in [2.75, 3.05) is 18.8 Å². The maximum Gasteiger partial charge on any atom is 0.222 e. The van der Waals surface area contributed by atoms with E-state index in [0.717, 1.165) is 40.7 Å². The minimum atomic E-state index is 0.193. The third kappa shape index (κ3) is 3.48. The van der Waals surface area contributed by atoms with Crippen molar-refractivity contribution in [1.29, 1.82) is 0 Å². The van der Waals surface area contributed by atoms with Crippen LogP contribution < -0.4 is 5.73 Å². The van der Waals surface area contributed by atoms with E-state index in [4.69, 9.17) is 10.2 Å². The molecule has 3 aromatic heterocycles. The fourth-order valence-electron chi connectivity index (χ4n) is 3.27. The number of aryl methyl sites for hydroxylation is 1. The van der Waals surface area contributed by atoms with Gasteiger partial charge in [-0.05, 0) is 36.4 Å². The molecule has 5 nitrogen and oxygen atoms in total. The molecule has 1 amide bonds. The predicted molar refractivity (Wildman–Crippen MR) is 101 cm³/mol. The summed E-state index contributed by atoms with van der Waals surface area (Å²) in [7, 11) is 0. The number of anilines is 1. The number of hydrogen-bond donors (Lipinski definition) is 1. The topological polar surface area (TPSA) is 72.4 Å². The van der Waals surface area contributed by atoms with E-state index in [-0.39, 0.29) is 5.91 Å². The number of carbonyl (C=O) groups is 1. The summed E-state index contributed by atoms with van der Waals surface area (Å²) in [5.74, 6) is 1.49. The van der Waals surface area contributed by atoms with Crippen LogP contribution in [0.5, 0.6) is 0 Å². The van der Waals surface area contributed by atoms with E-state index in [9.17, 15) is 4.79 Å². The third-order valence-electron chi connectivity index (χ3n) is 4.52. The predicted octanol–water partition coefficient (Wildman–Crippen LogP) is 4.00. The molecular formula is C18H19N3O2S2. The molecule has 0 aromatic carbocycles. The van der Waals surface area contributed by atoms with Gasteiger partial charge in [-0.1, -0.05) is 6.07 Å². The molecule has 1 fully saturated rings. The molecule has 4 rings (SSSR count). The van der Waals surface area contributed by atoms with Crippen LogP contribution >= 0.6 is 22.7 Å². The Kier molecular flexibility index (Phi) is 4.59. The van der Waals surface area contributed by atoms with Gasteiger partial charge >= 0.3 is 0 Å². The van der Waals surface area contributed by atoms with Crippen molar-refractivity contribution in [3.63, 3.8) is 0 Å². The molecule has 0 spiro atoms. The minimum absolute atomic E-state index is 0.193. The van der Waals surface area contributed by atoms with Gasteiger partial charge in [0.1, 0.15) is 5.76 Å². The quantitative estimate of drug-likeness (QED) is 0.734. The zero-order valence-electron chi connectivity index (χ0n) is 13.7. The van der Waals surface area contributed by atoms with E-state index >= 15 is 0 Å². The molecular weight excluding hydrogens is 354 g/mol. The molecule has 0 aliphatic carbocycles. The van der Waals surface area contributed by atoms with Crippen LogP contribution in [0.25, 0.3) is 10.6 Å². The second kappa shape index (κ2) is 7.01. The van der Waals surface area contributed by atoms with Crippen molar-refractivity contribution in [1.82, 2.24) is 9.88 Å². The van der Waals surface area contributed by atoms with Gasteiger partial charge in [-0.3, -0.25) is 4.79 Å². The van der Waals surface area contributed by atoms with Crippen LogP contribution in [0.15, 0.2) is 40.3 Å². The third-order valence-corrected chi connectivity index (χ3v) is 6.34. The highest BCUT2D eigenvalue weighted by molar-refractivity contribution is 7.17. The van der Waals surface area contributed by atoms with Crippen molar-refractivity contribution in [2.45, 2.75) is 25.2 Å². The molecule has 2 N–H and O–H groups in total. The lowest BCUT2D eigenvalue weighted by Crippen LogP contribution is -2.28. The summed E-state index contributed by atoms with van der Waals surface area (Å²) in [5, 5.41) is 2.59. The Morgan fingerprint density at radius 2 is 2.32 bits per heavy atom. The smallest absolute Gasteiger partial charge is 0.222 e. The van der Waals surface area contributed by atoms with Gasteiger partial charge in [0.2, 0.25) is 5.91 Å². The van der Waals surface area contributed by atoms with E-state index in [1.54, 1.807) is 17.6 Å². The van der Waals surface area contributed by atoms with Gasteiger partial charge in [0.05, 0.1) is 16.8 Å². The second-order valence-electron chi connectivity index (χ2n) is 6.14. The van der Waals surface area contributed by atoms with E-state index in [0.29, 0.717) is 23.9 Å². The van der Waals surface area contributed by atoms with Crippen molar-refractivity contribution in [3.8, 4) is 10.6 Å². The van der Waals surface area contributed by atoms with Gasteiger partial charge in [-0.2, -0.15) is 0 Å². The lowest BCUT2D eigenvalue weighted by Gasteiger charge is -2.16. The standard InChI is InChI=1S/C18H19N3O2S2/c19-18-20-17(14-4-2-10-24-14)15(25-18)5-6-16(22)21-8-7-12(11-21)13-3-1-9-23-13/h1-4,9-10,12H,5-8,11H2,(H2,19,20). The fraction of sp³-hybridized carbons (Fsp3) is 0.333. The molecule has 0 saturated carbocycles. The van der Waals surface area contributed by atoms with Crippen molar-refractivity contribution in [2.24, 2.45) is 0 Å². The summed E-state index contributed by atoms with van der Waals surface area (Å²) in [6.07, 6.45) is 3.83. The first kappa shape index (κ1) is 16.4. The maximum absolute atomic E-state index is 12.6. The first-order valence-electron chi connectivity index (χ1n) is 8.31. The van der Waals surface area contributed by atoms with Gasteiger partial charge in [0.25, 0.3) is 0 Å². The first-order valence-corrected chi connectivity index (χ1v) is 10.0. The SMILES string of the molecule is Nc1nc(-c2cccs2)c(CCC(=O)N2CCC(c3ccco3)C2)s1. The van der Waals surface area contributed by atoms with Crippen molar-refractivity contribution >= 4 is 33.7 Å². The average Bonchev–Trinajstić information content (AvgIpc) is 3.38. The van der Waals surface area contributed by atoms with Crippen LogP contribution in [-0.4, -0.2) is 28.9 Å². The summed E-state index contributed by atoms with van der Waals surface area (Å²) >= 11 is 3.13. The lowest BCUT2D eigenvalue weighted by molar-refractivity contribution is -0.130. The minimum Gasteiger partial charge on any atom is -0.469 e. The Balaban J connectivity index is 1.38. The number of thiazole rings is 1. The zero-order valence-corrected chi connectivity index (χ0v) is 15.3. The van der Waals surface area contributed by atoms with Crippen LogP contribution in [0.2, 0.25) is 0 Å². The Labute approximate surface area is 154 Å². The first-order chi connectivity index (χ1) is 12.2. The normalized spacial score (nSPS) is 17.3. The van der Waals surface area contributed by atoms with Gasteiger partial charge < -0.3 is 15.1 Å². The maximum atomic E-state index is 12.6. The van der Waals surface area contributed by atoms with E-state index in [1.807, 2.05) is 34.5 Å². The Morgan fingerprint density at radius 3 is 3.08 bits per heavy atom. The molecule has 25 heavy (non-hydrogen) atoms. The molecule has 3 aromatic rings. The molecule has 1 unspecified atom stereocenters. The molecule has 0 radical (unpaired) electrons. The molecule has 1 saturated heterocycles. The average molecular weight is 374 g/mol. The monoisotopic (exact) mass is 373 g/mol. The lowest BCUT2D eigenvalue weighted by atomic mass is 10.1. The summed E-state index contributed by atoms with van der Waals surface area (Å²) in [5.41, 5.74) is 6.82. The van der Waals surface area contributed by atoms with E-state index in [2.05, 4.69) is 4.98 Å². The number of thiophene rings is 1. The Hall–Kier alpha value is -2.12. The zero-order chi connectivity index (χ0) is 17.2. The van der Waals surface area contributed by atoms with Crippen molar-refractivity contribution < 1.29 is 9.21 Å². The number of hydrogen-bond acceptors (Lipinski definition) is 6. The van der Waals surface area contributed by atoms with E-state index < -0.39 is 0 Å². The molecule has 7 heteroatoms. The van der Waals surface area contributed by atoms with E-state index in [1.165, 1.54) is 11.3 Å². The molecule has 0 bridgehead atoms. The molecule has 130 valence electrons. The number of nitrogens with two attached hydrogens (primary N) is 1. The Morgan fingerprint density at radius 1 is 1.40 bits per heavy atom. The van der Waals surface area contributed by atoms with Crippen LogP contribution in [-0.2, 0) is 11.2 Å². The van der Waals surface area contributed by atoms with Crippen LogP contribution in [0.3, 0.4) is 0 Å². The molecule has 1 atom stereocenters. The van der Waals surface area contributed by atoms with Crippen molar-refractivity contribution in [3.05, 3.63) is 46.5 Å². The van der Waals surface area contributed by atoms with Gasteiger partial charge in [0, 0.05) is 30.3 Å². The number of furan rings is 1. The number of carbonyl (C=O) groups excluding carboxylic acids is 1. The fourth-order valence-corrected chi connectivity index (χ4v) is 4.92. The number of aromatic nitrogens is 1. The molecule has 1 aliphatic heterocycles. The van der Waals surface area contributed by atoms with Gasteiger partial charge in [-0.15, -0.1) is 22.7 Å². The van der Waals surface area contributed by atoms with Gasteiger partial charge in [0.15, 0.2) is 5.13 Å². The number of nitrogen functional groups attached to an aromatic ring is 1. The highest BCUT2D eigenvalue weighted by atomic mass is 32.1. The Bertz CT molecular complexity index is 840. The number of rotatable bonds is 5. The highest BCUT2D eigenvalue weighted by Gasteiger charge is 2.28. The second-order valence-corrected chi connectivity index (χ2v) is 8.20. The van der Waals surface area contributed by atoms with Crippen LogP contribution in [0.4, 0.5) is 5.13 Å². The van der Waals surface area contributed by atoms with Gasteiger partial charge in [-0.25, -0.2) is 4.98 Å². The summed E-state index contributed by atoms with van der Waals surface area (Å²) < 4.78 is 5.48.